The summed E-state index contributed by atoms with van der Waals surface area (Å²) in [5.41, 5.74) is 1.02. The van der Waals surface area contributed by atoms with E-state index >= 15 is 0 Å². The second-order valence-electron chi connectivity index (χ2n) is 6.31. The molecule has 0 aliphatic carbocycles. The van der Waals surface area contributed by atoms with Gasteiger partial charge < -0.3 is 19.7 Å². The summed E-state index contributed by atoms with van der Waals surface area (Å²) in [7, 11) is 0. The minimum atomic E-state index is -0.214. The van der Waals surface area contributed by atoms with Crippen LogP contribution in [0, 0.1) is 0 Å². The van der Waals surface area contributed by atoms with Crippen LogP contribution < -0.4 is 5.32 Å². The minimum Gasteiger partial charge on any atom is -0.445 e. The quantitative estimate of drug-likeness (QED) is 0.927. The van der Waals surface area contributed by atoms with E-state index in [-0.39, 0.29) is 12.2 Å². The number of hydrogen-bond donors (Lipinski definition) is 1. The number of rotatable bonds is 4. The predicted molar refractivity (Wildman–Crippen MR) is 88.2 cm³/mol. The highest BCUT2D eigenvalue weighted by Crippen LogP contribution is 2.19. The summed E-state index contributed by atoms with van der Waals surface area (Å²) in [4.78, 5) is 13.9. The van der Waals surface area contributed by atoms with E-state index in [4.69, 9.17) is 9.47 Å². The van der Waals surface area contributed by atoms with Gasteiger partial charge in [0, 0.05) is 13.1 Å². The molecule has 1 aromatic carbocycles. The third-order valence-electron chi connectivity index (χ3n) is 4.58. The predicted octanol–water partition coefficient (Wildman–Crippen LogP) is 2.56. The topological polar surface area (TPSA) is 50.8 Å². The first-order valence-corrected chi connectivity index (χ1v) is 8.63. The first kappa shape index (κ1) is 16.3. The summed E-state index contributed by atoms with van der Waals surface area (Å²) in [5, 5.41) is 3.35. The molecule has 2 heterocycles. The molecule has 1 amide bonds. The van der Waals surface area contributed by atoms with Crippen molar-refractivity contribution in [2.45, 2.75) is 44.5 Å². The van der Waals surface area contributed by atoms with Gasteiger partial charge >= 0.3 is 6.09 Å². The Kier molecular flexibility index (Phi) is 5.88. The number of benzene rings is 1. The summed E-state index contributed by atoms with van der Waals surface area (Å²) >= 11 is 0. The lowest BCUT2D eigenvalue weighted by Crippen LogP contribution is -2.43. The van der Waals surface area contributed by atoms with Crippen molar-refractivity contribution in [3.63, 3.8) is 0 Å². The van der Waals surface area contributed by atoms with Crippen LogP contribution >= 0.6 is 0 Å². The molecule has 0 aromatic heterocycles. The molecule has 5 heteroatoms. The molecule has 5 nitrogen and oxygen atoms in total. The van der Waals surface area contributed by atoms with Crippen LogP contribution in [-0.4, -0.2) is 49.4 Å². The van der Waals surface area contributed by atoms with Crippen molar-refractivity contribution in [3.8, 4) is 0 Å². The van der Waals surface area contributed by atoms with Gasteiger partial charge in [-0.1, -0.05) is 30.3 Å². The maximum absolute atomic E-state index is 12.1. The van der Waals surface area contributed by atoms with Crippen molar-refractivity contribution >= 4 is 6.09 Å². The van der Waals surface area contributed by atoms with Crippen molar-refractivity contribution in [2.75, 3.05) is 26.2 Å². The molecule has 2 aliphatic rings. The standard InChI is InChI=1S/C18H26N2O3/c21-18(22-14-15-4-2-1-3-5-15)20-12-8-17(9-13-20)23-16-6-10-19-11-7-16/h1-5,16-17,19H,6-14H2. The molecule has 0 unspecified atom stereocenters. The molecule has 0 bridgehead atoms. The summed E-state index contributed by atoms with van der Waals surface area (Å²) in [5.74, 6) is 0. The maximum Gasteiger partial charge on any atom is 0.410 e. The zero-order valence-corrected chi connectivity index (χ0v) is 13.6. The van der Waals surface area contributed by atoms with Gasteiger partial charge in [-0.05, 0) is 44.3 Å². The number of carbonyl (C=O) groups excluding carboxylic acids is 1. The average molecular weight is 318 g/mol. The van der Waals surface area contributed by atoms with E-state index in [0.29, 0.717) is 12.7 Å². The molecule has 0 radical (unpaired) electrons. The highest BCUT2D eigenvalue weighted by Gasteiger charge is 2.26. The zero-order valence-electron chi connectivity index (χ0n) is 13.6. The molecule has 0 saturated carbocycles. The number of nitrogens with one attached hydrogen (secondary N) is 1. The zero-order chi connectivity index (χ0) is 15.9. The Morgan fingerprint density at radius 1 is 1.04 bits per heavy atom. The fraction of sp³-hybridized carbons (Fsp3) is 0.611. The number of hydrogen-bond acceptors (Lipinski definition) is 4. The summed E-state index contributed by atoms with van der Waals surface area (Å²) in [6.07, 6.45) is 4.47. The smallest absolute Gasteiger partial charge is 0.410 e. The van der Waals surface area contributed by atoms with Crippen molar-refractivity contribution in [2.24, 2.45) is 0 Å². The van der Waals surface area contributed by atoms with Gasteiger partial charge in [0.05, 0.1) is 12.2 Å². The molecule has 1 N–H and O–H groups in total. The fourth-order valence-electron chi connectivity index (χ4n) is 3.19. The Morgan fingerprint density at radius 3 is 2.39 bits per heavy atom. The van der Waals surface area contributed by atoms with Crippen LogP contribution in [0.4, 0.5) is 4.79 Å². The molecular formula is C18H26N2O3. The number of piperidine rings is 2. The first-order chi connectivity index (χ1) is 11.3. The van der Waals surface area contributed by atoms with Gasteiger partial charge in [0.25, 0.3) is 0 Å². The molecule has 2 saturated heterocycles. The van der Waals surface area contributed by atoms with Crippen molar-refractivity contribution in [3.05, 3.63) is 35.9 Å². The van der Waals surface area contributed by atoms with E-state index in [1.54, 1.807) is 4.90 Å². The monoisotopic (exact) mass is 318 g/mol. The molecule has 2 fully saturated rings. The molecule has 1 aromatic rings. The SMILES string of the molecule is O=C(OCc1ccccc1)N1CCC(OC2CCNCC2)CC1. The second-order valence-corrected chi connectivity index (χ2v) is 6.31. The van der Waals surface area contributed by atoms with Gasteiger partial charge in [0.15, 0.2) is 0 Å². The second kappa shape index (κ2) is 8.31. The van der Waals surface area contributed by atoms with E-state index in [1.165, 1.54) is 0 Å². The molecule has 3 rings (SSSR count). The minimum absolute atomic E-state index is 0.214. The highest BCUT2D eigenvalue weighted by atomic mass is 16.6. The van der Waals surface area contributed by atoms with Crippen LogP contribution in [-0.2, 0) is 16.1 Å². The summed E-state index contributed by atoms with van der Waals surface area (Å²) in [6, 6.07) is 9.79. The molecule has 23 heavy (non-hydrogen) atoms. The summed E-state index contributed by atoms with van der Waals surface area (Å²) in [6.45, 7) is 3.89. The van der Waals surface area contributed by atoms with Gasteiger partial charge in [-0.2, -0.15) is 0 Å². The molecular weight excluding hydrogens is 292 g/mol. The van der Waals surface area contributed by atoms with Crippen LogP contribution in [0.5, 0.6) is 0 Å². The van der Waals surface area contributed by atoms with Gasteiger partial charge in [0.1, 0.15) is 6.61 Å². The van der Waals surface area contributed by atoms with E-state index in [0.717, 1.165) is 57.4 Å². The van der Waals surface area contributed by atoms with Crippen LogP contribution in [0.2, 0.25) is 0 Å². The van der Waals surface area contributed by atoms with Crippen molar-refractivity contribution in [1.82, 2.24) is 10.2 Å². The van der Waals surface area contributed by atoms with Gasteiger partial charge in [-0.25, -0.2) is 4.79 Å². The molecule has 0 spiro atoms. The number of ether oxygens (including phenoxy) is 2. The summed E-state index contributed by atoms with van der Waals surface area (Å²) < 4.78 is 11.6. The Labute approximate surface area is 137 Å². The third kappa shape index (κ3) is 4.94. The first-order valence-electron chi connectivity index (χ1n) is 8.63. The molecule has 2 aliphatic heterocycles. The van der Waals surface area contributed by atoms with Gasteiger partial charge in [-0.15, -0.1) is 0 Å². The van der Waals surface area contributed by atoms with E-state index < -0.39 is 0 Å². The van der Waals surface area contributed by atoms with E-state index in [2.05, 4.69) is 5.32 Å². The lowest BCUT2D eigenvalue weighted by molar-refractivity contribution is -0.0519. The number of likely N-dealkylation sites (tertiary alicyclic amines) is 1. The van der Waals surface area contributed by atoms with Crippen LogP contribution in [0.15, 0.2) is 30.3 Å². The maximum atomic E-state index is 12.1. The van der Waals surface area contributed by atoms with E-state index in [9.17, 15) is 4.79 Å². The van der Waals surface area contributed by atoms with E-state index in [1.807, 2.05) is 30.3 Å². The van der Waals surface area contributed by atoms with Gasteiger partial charge in [-0.3, -0.25) is 0 Å². The van der Waals surface area contributed by atoms with Crippen LogP contribution in [0.25, 0.3) is 0 Å². The highest BCUT2D eigenvalue weighted by molar-refractivity contribution is 5.67. The van der Waals surface area contributed by atoms with Crippen LogP contribution in [0.3, 0.4) is 0 Å². The Balaban J connectivity index is 1.37. The number of amides is 1. The lowest BCUT2D eigenvalue weighted by Gasteiger charge is -2.34. The number of carbonyl (C=O) groups is 1. The van der Waals surface area contributed by atoms with Crippen molar-refractivity contribution < 1.29 is 14.3 Å². The van der Waals surface area contributed by atoms with Gasteiger partial charge in [0.2, 0.25) is 0 Å². The molecule has 126 valence electrons. The fourth-order valence-corrected chi connectivity index (χ4v) is 3.19. The third-order valence-corrected chi connectivity index (χ3v) is 4.58. The lowest BCUT2D eigenvalue weighted by atomic mass is 10.1. The van der Waals surface area contributed by atoms with Crippen molar-refractivity contribution in [1.29, 1.82) is 0 Å². The number of nitrogens with zero attached hydrogens (tertiary/aromatic N) is 1. The largest absolute Gasteiger partial charge is 0.445 e. The Hall–Kier alpha value is -1.59. The molecule has 0 atom stereocenters. The Morgan fingerprint density at radius 2 is 1.70 bits per heavy atom. The normalized spacial score (nSPS) is 20.4. The Bertz CT molecular complexity index is 480. The average Bonchev–Trinajstić information content (AvgIpc) is 2.62. The van der Waals surface area contributed by atoms with Crippen LogP contribution in [0.1, 0.15) is 31.2 Å².